The molecule has 0 aromatic heterocycles. The third kappa shape index (κ3) is 2.12. The fourth-order valence-corrected chi connectivity index (χ4v) is 3.16. The maximum Gasteiger partial charge on any atom is 0.229 e. The number of ketones is 2. The van der Waals surface area contributed by atoms with Crippen molar-refractivity contribution in [1.82, 2.24) is 0 Å². The van der Waals surface area contributed by atoms with E-state index in [1.807, 2.05) is 32.0 Å². The molecular formula is C20H18O3. The van der Waals surface area contributed by atoms with Gasteiger partial charge in [-0.15, -0.1) is 6.58 Å². The van der Waals surface area contributed by atoms with E-state index >= 15 is 0 Å². The molecule has 0 amide bonds. The van der Waals surface area contributed by atoms with Crippen molar-refractivity contribution in [3.8, 4) is 0 Å². The number of hydrogen-bond donors (Lipinski definition) is 0. The normalized spacial score (nSPS) is 14.2. The van der Waals surface area contributed by atoms with Gasteiger partial charge in [0.15, 0.2) is 11.5 Å². The van der Waals surface area contributed by atoms with E-state index in [0.717, 1.165) is 21.9 Å². The summed E-state index contributed by atoms with van der Waals surface area (Å²) in [5, 5.41) is 1.80. The molecule has 1 aliphatic rings. The summed E-state index contributed by atoms with van der Waals surface area (Å²) in [5.74, 6) is -0.252. The zero-order valence-corrected chi connectivity index (χ0v) is 13.5. The minimum Gasteiger partial charge on any atom is -0.492 e. The van der Waals surface area contributed by atoms with Crippen molar-refractivity contribution < 1.29 is 14.3 Å². The zero-order valence-electron chi connectivity index (χ0n) is 13.5. The average Bonchev–Trinajstić information content (AvgIpc) is 2.55. The first-order chi connectivity index (χ1) is 11.0. The Morgan fingerprint density at radius 2 is 1.74 bits per heavy atom. The highest BCUT2D eigenvalue weighted by atomic mass is 16.5. The van der Waals surface area contributed by atoms with E-state index in [0.29, 0.717) is 23.1 Å². The molecule has 0 fully saturated rings. The molecule has 0 unspecified atom stereocenters. The topological polar surface area (TPSA) is 43.4 Å². The summed E-state index contributed by atoms with van der Waals surface area (Å²) in [6.45, 7) is 7.71. The van der Waals surface area contributed by atoms with Crippen molar-refractivity contribution in [2.24, 2.45) is 0 Å². The van der Waals surface area contributed by atoms with Crippen LogP contribution in [0.2, 0.25) is 0 Å². The first-order valence-corrected chi connectivity index (χ1v) is 7.51. The third-order valence-corrected chi connectivity index (χ3v) is 4.52. The fourth-order valence-electron chi connectivity index (χ4n) is 3.16. The predicted octanol–water partition coefficient (Wildman–Crippen LogP) is 4.31. The number of allylic oxidation sites excluding steroid dienone is 3. The van der Waals surface area contributed by atoms with E-state index in [1.54, 1.807) is 12.1 Å². The predicted molar refractivity (Wildman–Crippen MR) is 90.9 cm³/mol. The minimum absolute atomic E-state index is 0.133. The fraction of sp³-hybridized carbons (Fsp3) is 0.200. The van der Waals surface area contributed by atoms with Crippen LogP contribution in [0.3, 0.4) is 0 Å². The quantitative estimate of drug-likeness (QED) is 0.794. The van der Waals surface area contributed by atoms with Crippen LogP contribution < -0.4 is 0 Å². The van der Waals surface area contributed by atoms with Crippen LogP contribution in [-0.2, 0) is 4.74 Å². The third-order valence-electron chi connectivity index (χ3n) is 4.52. The molecule has 2 aromatic carbocycles. The second kappa shape index (κ2) is 5.51. The van der Waals surface area contributed by atoms with Crippen LogP contribution >= 0.6 is 0 Å². The summed E-state index contributed by atoms with van der Waals surface area (Å²) in [6, 6.07) is 7.56. The van der Waals surface area contributed by atoms with Gasteiger partial charge in [0.05, 0.1) is 7.11 Å². The van der Waals surface area contributed by atoms with Gasteiger partial charge in [0.1, 0.15) is 0 Å². The number of Topliss-reactive ketones (excluding diaryl/α,β-unsaturated/α-hetero) is 2. The van der Waals surface area contributed by atoms with Gasteiger partial charge in [0, 0.05) is 16.7 Å². The van der Waals surface area contributed by atoms with Gasteiger partial charge in [-0.1, -0.05) is 24.3 Å². The van der Waals surface area contributed by atoms with E-state index in [9.17, 15) is 9.59 Å². The van der Waals surface area contributed by atoms with Crippen LogP contribution in [0, 0.1) is 13.8 Å². The van der Waals surface area contributed by atoms with E-state index in [1.165, 1.54) is 7.11 Å². The molecule has 0 radical (unpaired) electrons. The Labute approximate surface area is 135 Å². The largest absolute Gasteiger partial charge is 0.492 e. The Balaban J connectivity index is 2.37. The summed E-state index contributed by atoms with van der Waals surface area (Å²) >= 11 is 0. The zero-order chi connectivity index (χ0) is 16.7. The number of methoxy groups -OCH3 is 1. The molecule has 0 saturated carbocycles. The van der Waals surface area contributed by atoms with E-state index in [-0.39, 0.29) is 17.3 Å². The van der Waals surface area contributed by atoms with E-state index in [2.05, 4.69) is 6.58 Å². The molecule has 0 bridgehead atoms. The molecule has 0 N–H and O–H groups in total. The minimum atomic E-state index is -0.229. The molecule has 0 spiro atoms. The van der Waals surface area contributed by atoms with E-state index in [4.69, 9.17) is 4.74 Å². The lowest BCUT2D eigenvalue weighted by Gasteiger charge is -2.21. The van der Waals surface area contributed by atoms with Crippen LogP contribution in [0.4, 0.5) is 0 Å². The first-order valence-electron chi connectivity index (χ1n) is 7.51. The summed E-state index contributed by atoms with van der Waals surface area (Å²) in [5.41, 5.74) is 3.54. The van der Waals surface area contributed by atoms with Gasteiger partial charge in [-0.3, -0.25) is 9.59 Å². The molecule has 3 nitrogen and oxygen atoms in total. The first kappa shape index (κ1) is 15.2. The number of rotatable bonds is 3. The van der Waals surface area contributed by atoms with Crippen LogP contribution in [-0.4, -0.2) is 18.7 Å². The summed E-state index contributed by atoms with van der Waals surface area (Å²) < 4.78 is 5.26. The Morgan fingerprint density at radius 3 is 2.39 bits per heavy atom. The molecule has 116 valence electrons. The number of ether oxygens (including phenoxy) is 1. The van der Waals surface area contributed by atoms with Gasteiger partial charge in [-0.05, 0) is 48.2 Å². The molecule has 1 aliphatic carbocycles. The van der Waals surface area contributed by atoms with Gasteiger partial charge in [0.25, 0.3) is 0 Å². The smallest absolute Gasteiger partial charge is 0.229 e. The molecule has 0 heterocycles. The highest BCUT2D eigenvalue weighted by molar-refractivity contribution is 6.30. The van der Waals surface area contributed by atoms with Crippen LogP contribution in [0.25, 0.3) is 10.8 Å². The summed E-state index contributed by atoms with van der Waals surface area (Å²) in [6.07, 6.45) is 1.93. The number of carbonyl (C=O) groups is 2. The van der Waals surface area contributed by atoms with Crippen LogP contribution in [0.1, 0.15) is 38.3 Å². The molecule has 0 saturated heterocycles. The lowest BCUT2D eigenvalue weighted by atomic mass is 9.83. The Bertz CT molecular complexity index is 901. The molecule has 0 aliphatic heterocycles. The van der Waals surface area contributed by atoms with Crippen molar-refractivity contribution in [3.63, 3.8) is 0 Å². The number of carbonyl (C=O) groups excluding carboxylic acids is 2. The maximum atomic E-state index is 12.9. The van der Waals surface area contributed by atoms with Crippen molar-refractivity contribution in [2.75, 3.05) is 7.11 Å². The molecule has 3 heteroatoms. The molecule has 3 rings (SSSR count). The monoisotopic (exact) mass is 306 g/mol. The van der Waals surface area contributed by atoms with Crippen LogP contribution in [0.5, 0.6) is 0 Å². The molecule has 0 atom stereocenters. The summed E-state index contributed by atoms with van der Waals surface area (Å²) in [4.78, 5) is 25.7. The lowest BCUT2D eigenvalue weighted by molar-refractivity contribution is 0.0906. The maximum absolute atomic E-state index is 12.9. The highest BCUT2D eigenvalue weighted by Crippen LogP contribution is 2.35. The SMILES string of the molecule is C=CCC1=C(OC)C(=O)c2c(ccc3c(C)c(C)ccc23)C1=O. The number of hydrogen-bond acceptors (Lipinski definition) is 3. The highest BCUT2D eigenvalue weighted by Gasteiger charge is 2.34. The lowest BCUT2D eigenvalue weighted by Crippen LogP contribution is -2.23. The van der Waals surface area contributed by atoms with E-state index < -0.39 is 0 Å². The van der Waals surface area contributed by atoms with Crippen molar-refractivity contribution >= 4 is 22.3 Å². The Hall–Kier alpha value is -2.68. The Kier molecular flexibility index (Phi) is 3.64. The van der Waals surface area contributed by atoms with Crippen LogP contribution in [0.15, 0.2) is 48.3 Å². The van der Waals surface area contributed by atoms with Gasteiger partial charge >= 0.3 is 0 Å². The van der Waals surface area contributed by atoms with Crippen molar-refractivity contribution in [2.45, 2.75) is 20.3 Å². The number of aryl methyl sites for hydroxylation is 2. The second-order valence-electron chi connectivity index (χ2n) is 5.75. The molecular weight excluding hydrogens is 288 g/mol. The Morgan fingerprint density at radius 1 is 1.04 bits per heavy atom. The molecule has 2 aromatic rings. The molecule has 23 heavy (non-hydrogen) atoms. The number of fused-ring (bicyclic) bond motifs is 3. The van der Waals surface area contributed by atoms with Gasteiger partial charge < -0.3 is 4.74 Å². The van der Waals surface area contributed by atoms with Gasteiger partial charge in [-0.25, -0.2) is 0 Å². The summed E-state index contributed by atoms with van der Waals surface area (Å²) in [7, 11) is 1.43. The second-order valence-corrected chi connectivity index (χ2v) is 5.75. The van der Waals surface area contributed by atoms with Gasteiger partial charge in [-0.2, -0.15) is 0 Å². The average molecular weight is 306 g/mol. The van der Waals surface area contributed by atoms with Gasteiger partial charge in [0.2, 0.25) is 5.78 Å². The standard InChI is InChI=1S/C20H18O3/c1-5-6-16-18(21)15-10-9-13-12(3)11(2)7-8-14(13)17(15)19(22)20(16)23-4/h5,7-10H,1,6H2,2-4H3. The van der Waals surface area contributed by atoms with Crippen molar-refractivity contribution in [3.05, 3.63) is 70.5 Å². The van der Waals surface area contributed by atoms with Crippen molar-refractivity contribution in [1.29, 1.82) is 0 Å². The number of benzene rings is 2.